The van der Waals surface area contributed by atoms with E-state index in [4.69, 9.17) is 0 Å². The zero-order valence-electron chi connectivity index (χ0n) is 10.3. The summed E-state index contributed by atoms with van der Waals surface area (Å²) < 4.78 is 22.1. The fourth-order valence-electron chi connectivity index (χ4n) is 1.30. The van der Waals surface area contributed by atoms with Gasteiger partial charge in [0.25, 0.3) is 0 Å². The van der Waals surface area contributed by atoms with E-state index in [0.717, 1.165) is 5.69 Å². The number of anilines is 1. The van der Waals surface area contributed by atoms with Crippen LogP contribution in [0.4, 0.5) is 5.69 Å². The van der Waals surface area contributed by atoms with Gasteiger partial charge in [0, 0.05) is 19.8 Å². The molecule has 1 atom stereocenters. The van der Waals surface area contributed by atoms with E-state index in [1.807, 2.05) is 18.0 Å². The summed E-state index contributed by atoms with van der Waals surface area (Å²) in [6.07, 6.45) is 2.25. The molecule has 0 aromatic carbocycles. The molecule has 1 aromatic heterocycles. The Labute approximate surface area is 102 Å². The van der Waals surface area contributed by atoms with Crippen molar-refractivity contribution in [3.63, 3.8) is 0 Å². The molecule has 0 radical (unpaired) electrons. The molecule has 0 spiro atoms. The van der Waals surface area contributed by atoms with Crippen LogP contribution in [0.2, 0.25) is 0 Å². The minimum Gasteiger partial charge on any atom is -0.387 e. The molecule has 1 rings (SSSR count). The van der Waals surface area contributed by atoms with Crippen molar-refractivity contribution in [3.8, 4) is 0 Å². The molecule has 0 fully saturated rings. The van der Waals surface area contributed by atoms with Gasteiger partial charge in [-0.15, -0.1) is 0 Å². The van der Waals surface area contributed by atoms with Gasteiger partial charge in [0.2, 0.25) is 0 Å². The Balaban J connectivity index is 2.67. The second-order valence-corrected chi connectivity index (χ2v) is 6.43. The van der Waals surface area contributed by atoms with E-state index in [1.165, 1.54) is 6.26 Å². The van der Waals surface area contributed by atoms with Crippen LogP contribution in [0.3, 0.4) is 0 Å². The van der Waals surface area contributed by atoms with Gasteiger partial charge >= 0.3 is 0 Å². The zero-order chi connectivity index (χ0) is 13.1. The maximum absolute atomic E-state index is 11.0. The molecule has 1 N–H and O–H groups in total. The number of aliphatic hydroxyl groups is 1. The van der Waals surface area contributed by atoms with Crippen molar-refractivity contribution in [2.75, 3.05) is 30.5 Å². The number of hydrogen-bond donors (Lipinski definition) is 1. The molecule has 0 unspecified atom stereocenters. The lowest BCUT2D eigenvalue weighted by Gasteiger charge is -2.18. The Morgan fingerprint density at radius 3 is 2.53 bits per heavy atom. The van der Waals surface area contributed by atoms with E-state index in [9.17, 15) is 13.5 Å². The topological polar surface area (TPSA) is 70.5 Å². The molecule has 1 aromatic rings. The molecule has 1 heterocycles. The lowest BCUT2D eigenvalue weighted by atomic mass is 10.2. The van der Waals surface area contributed by atoms with E-state index in [1.54, 1.807) is 19.2 Å². The summed E-state index contributed by atoms with van der Waals surface area (Å²) in [5.41, 5.74) is 1.43. The van der Waals surface area contributed by atoms with E-state index in [0.29, 0.717) is 12.2 Å². The molecule has 0 saturated carbocycles. The highest BCUT2D eigenvalue weighted by Crippen LogP contribution is 2.14. The van der Waals surface area contributed by atoms with Crippen LogP contribution in [0.15, 0.2) is 18.3 Å². The first kappa shape index (κ1) is 13.9. The van der Waals surface area contributed by atoms with Gasteiger partial charge in [-0.25, -0.2) is 8.42 Å². The average Bonchev–Trinajstić information content (AvgIpc) is 2.25. The summed E-state index contributed by atoms with van der Waals surface area (Å²) in [7, 11) is -1.14. The third-order valence-corrected chi connectivity index (χ3v) is 3.36. The number of pyridine rings is 1. The van der Waals surface area contributed by atoms with Crippen LogP contribution in [-0.4, -0.2) is 44.1 Å². The largest absolute Gasteiger partial charge is 0.387 e. The first-order valence-electron chi connectivity index (χ1n) is 5.32. The maximum Gasteiger partial charge on any atom is 0.149 e. The Bertz CT molecular complexity index is 454. The normalized spacial score (nSPS) is 13.4. The van der Waals surface area contributed by atoms with Gasteiger partial charge in [-0.3, -0.25) is 4.98 Å². The fourth-order valence-corrected chi connectivity index (χ4v) is 1.91. The summed E-state index contributed by atoms with van der Waals surface area (Å²) in [5.74, 6) is 0.113. The number of sulfone groups is 1. The molecule has 0 bridgehead atoms. The maximum atomic E-state index is 11.0. The minimum absolute atomic E-state index is 0.113. The van der Waals surface area contributed by atoms with Gasteiger partial charge in [-0.2, -0.15) is 0 Å². The Hall–Kier alpha value is -1.14. The van der Waals surface area contributed by atoms with E-state index in [-0.39, 0.29) is 5.75 Å². The standard InChI is InChI=1S/C11H18N2O3S/c1-9(14)11-5-4-10(8-12-11)13(2)6-7-17(3,15)16/h4-5,8-9,14H,6-7H2,1-3H3/t9-/m1/s1. The molecule has 5 nitrogen and oxygen atoms in total. The molecular formula is C11H18N2O3S. The summed E-state index contributed by atoms with van der Waals surface area (Å²) in [6.45, 7) is 2.07. The second kappa shape index (κ2) is 5.46. The van der Waals surface area contributed by atoms with Gasteiger partial charge < -0.3 is 10.0 Å². The first-order chi connectivity index (χ1) is 7.79. The van der Waals surface area contributed by atoms with Crippen LogP contribution in [-0.2, 0) is 9.84 Å². The van der Waals surface area contributed by atoms with E-state index in [2.05, 4.69) is 4.98 Å². The van der Waals surface area contributed by atoms with E-state index >= 15 is 0 Å². The van der Waals surface area contributed by atoms with Crippen LogP contribution >= 0.6 is 0 Å². The molecule has 0 aliphatic heterocycles. The molecule has 17 heavy (non-hydrogen) atoms. The summed E-state index contributed by atoms with van der Waals surface area (Å²) in [4.78, 5) is 5.92. The number of aliphatic hydroxyl groups excluding tert-OH is 1. The highest BCUT2D eigenvalue weighted by atomic mass is 32.2. The molecule has 6 heteroatoms. The minimum atomic E-state index is -2.95. The lowest BCUT2D eigenvalue weighted by molar-refractivity contribution is 0.194. The smallest absolute Gasteiger partial charge is 0.149 e. The zero-order valence-corrected chi connectivity index (χ0v) is 11.1. The number of nitrogens with zero attached hydrogens (tertiary/aromatic N) is 2. The van der Waals surface area contributed by atoms with Gasteiger partial charge in [0.15, 0.2) is 0 Å². The summed E-state index contributed by atoms with van der Waals surface area (Å²) in [5, 5.41) is 9.31. The van der Waals surface area contributed by atoms with Gasteiger partial charge in [0.05, 0.1) is 29.4 Å². The fraction of sp³-hybridized carbons (Fsp3) is 0.545. The van der Waals surface area contributed by atoms with Crippen LogP contribution in [0.1, 0.15) is 18.7 Å². The molecule has 0 amide bonds. The van der Waals surface area contributed by atoms with Crippen molar-refractivity contribution in [2.24, 2.45) is 0 Å². The van der Waals surface area contributed by atoms with Crippen LogP contribution in [0, 0.1) is 0 Å². The van der Waals surface area contributed by atoms with Crippen molar-refractivity contribution < 1.29 is 13.5 Å². The Kier molecular flexibility index (Phi) is 4.47. The highest BCUT2D eigenvalue weighted by molar-refractivity contribution is 7.90. The van der Waals surface area contributed by atoms with Crippen LogP contribution < -0.4 is 4.90 Å². The van der Waals surface area contributed by atoms with Crippen LogP contribution in [0.25, 0.3) is 0 Å². The molecule has 0 aliphatic carbocycles. The van der Waals surface area contributed by atoms with E-state index < -0.39 is 15.9 Å². The summed E-state index contributed by atoms with van der Waals surface area (Å²) in [6, 6.07) is 3.55. The third kappa shape index (κ3) is 4.70. The lowest BCUT2D eigenvalue weighted by Crippen LogP contribution is -2.25. The quantitative estimate of drug-likeness (QED) is 0.838. The molecule has 0 aliphatic rings. The van der Waals surface area contributed by atoms with Gasteiger partial charge in [-0.1, -0.05) is 0 Å². The van der Waals surface area contributed by atoms with Crippen molar-refractivity contribution >= 4 is 15.5 Å². The Morgan fingerprint density at radius 1 is 1.47 bits per heavy atom. The van der Waals surface area contributed by atoms with Crippen LogP contribution in [0.5, 0.6) is 0 Å². The SMILES string of the molecule is C[C@@H](O)c1ccc(N(C)CCS(C)(=O)=O)cn1. The predicted octanol–water partition coefficient (Wildman–Crippen LogP) is 0.616. The Morgan fingerprint density at radius 2 is 2.12 bits per heavy atom. The second-order valence-electron chi connectivity index (χ2n) is 4.17. The molecule has 96 valence electrons. The first-order valence-corrected chi connectivity index (χ1v) is 7.38. The number of aromatic nitrogens is 1. The predicted molar refractivity (Wildman–Crippen MR) is 67.9 cm³/mol. The van der Waals surface area contributed by atoms with Crippen molar-refractivity contribution in [1.29, 1.82) is 0 Å². The number of rotatable bonds is 5. The van der Waals surface area contributed by atoms with Crippen molar-refractivity contribution in [3.05, 3.63) is 24.0 Å². The number of hydrogen-bond acceptors (Lipinski definition) is 5. The molecular weight excluding hydrogens is 240 g/mol. The average molecular weight is 258 g/mol. The summed E-state index contributed by atoms with van der Waals surface area (Å²) >= 11 is 0. The highest BCUT2D eigenvalue weighted by Gasteiger charge is 2.08. The third-order valence-electron chi connectivity index (χ3n) is 2.44. The van der Waals surface area contributed by atoms with Gasteiger partial charge in [0.1, 0.15) is 9.84 Å². The van der Waals surface area contributed by atoms with Crippen molar-refractivity contribution in [1.82, 2.24) is 4.98 Å². The van der Waals surface area contributed by atoms with Gasteiger partial charge in [-0.05, 0) is 19.1 Å². The monoisotopic (exact) mass is 258 g/mol. The molecule has 0 saturated heterocycles. The van der Waals surface area contributed by atoms with Crippen molar-refractivity contribution in [2.45, 2.75) is 13.0 Å².